The quantitative estimate of drug-likeness (QED) is 0.206. The number of non-ortho nitro benzene ring substituents is 1. The van der Waals surface area contributed by atoms with Crippen LogP contribution in [0.5, 0.6) is 0 Å². The van der Waals surface area contributed by atoms with Crippen molar-refractivity contribution in [3.63, 3.8) is 0 Å². The summed E-state index contributed by atoms with van der Waals surface area (Å²) in [5, 5.41) is 18.5. The lowest BCUT2D eigenvalue weighted by molar-refractivity contribution is -0.384. The molecular weight excluding hydrogens is 438 g/mol. The van der Waals surface area contributed by atoms with Crippen LogP contribution in [0.1, 0.15) is 22.1 Å². The minimum atomic E-state index is -0.552. The number of benzene rings is 3. The number of nitro groups is 1. The number of aromatic nitrogens is 4. The number of esters is 1. The maximum absolute atomic E-state index is 12.6. The molecule has 0 fully saturated rings. The van der Waals surface area contributed by atoms with Crippen LogP contribution in [0.2, 0.25) is 0 Å². The summed E-state index contributed by atoms with van der Waals surface area (Å²) in [6.07, 6.45) is 0. The number of para-hydroxylation sites is 1. The molecule has 0 amide bonds. The number of nitrogens with zero attached hydrogens (tertiary/aromatic N) is 5. The van der Waals surface area contributed by atoms with Crippen molar-refractivity contribution < 1.29 is 18.9 Å². The first-order valence-electron chi connectivity index (χ1n) is 10.3. The van der Waals surface area contributed by atoms with Crippen LogP contribution in [0.3, 0.4) is 0 Å². The van der Waals surface area contributed by atoms with E-state index in [-0.39, 0.29) is 24.1 Å². The highest BCUT2D eigenvalue weighted by atomic mass is 16.6. The van der Waals surface area contributed by atoms with Crippen LogP contribution >= 0.6 is 0 Å². The van der Waals surface area contributed by atoms with Crippen LogP contribution in [0, 0.1) is 17.0 Å². The number of aryl methyl sites for hydroxylation is 1. The van der Waals surface area contributed by atoms with Crippen LogP contribution < -0.4 is 0 Å². The van der Waals surface area contributed by atoms with Crippen molar-refractivity contribution in [2.24, 2.45) is 0 Å². The van der Waals surface area contributed by atoms with E-state index in [0.717, 1.165) is 17.0 Å². The largest absolute Gasteiger partial charge is 0.452 e. The fourth-order valence-electron chi connectivity index (χ4n) is 3.60. The van der Waals surface area contributed by atoms with Crippen molar-refractivity contribution in [1.82, 2.24) is 19.7 Å². The summed E-state index contributed by atoms with van der Waals surface area (Å²) < 4.78 is 12.9. The maximum atomic E-state index is 12.6. The summed E-state index contributed by atoms with van der Waals surface area (Å²) in [4.78, 5) is 27.4. The molecule has 10 heteroatoms. The Morgan fingerprint density at radius 1 is 1.06 bits per heavy atom. The molecule has 0 radical (unpaired) electrons. The van der Waals surface area contributed by atoms with Crippen LogP contribution in [-0.4, -0.2) is 30.6 Å². The highest BCUT2D eigenvalue weighted by Crippen LogP contribution is 2.24. The molecule has 0 bridgehead atoms. The Morgan fingerprint density at radius 2 is 1.82 bits per heavy atom. The number of rotatable bonds is 6. The molecule has 0 aliphatic rings. The van der Waals surface area contributed by atoms with Crippen molar-refractivity contribution in [3.8, 4) is 17.1 Å². The minimum absolute atomic E-state index is 0.0433. The second-order valence-corrected chi connectivity index (χ2v) is 7.41. The zero-order chi connectivity index (χ0) is 23.7. The minimum Gasteiger partial charge on any atom is -0.452 e. The SMILES string of the molecule is Cc1nc2cc(C(=O)OCc3nnc(-c4ccc([N+](=O)[O-])cc4)o3)ccc2n1-c1ccccc1. The van der Waals surface area contributed by atoms with Gasteiger partial charge in [0.2, 0.25) is 5.89 Å². The van der Waals surface area contributed by atoms with Gasteiger partial charge in [-0.25, -0.2) is 9.78 Å². The van der Waals surface area contributed by atoms with E-state index in [0.29, 0.717) is 16.6 Å². The lowest BCUT2D eigenvalue weighted by atomic mass is 10.2. The molecule has 0 saturated carbocycles. The molecule has 5 rings (SSSR count). The maximum Gasteiger partial charge on any atom is 0.338 e. The van der Waals surface area contributed by atoms with Gasteiger partial charge in [0.1, 0.15) is 5.82 Å². The Hall–Kier alpha value is -4.86. The third-order valence-electron chi connectivity index (χ3n) is 5.19. The molecule has 0 saturated heterocycles. The first-order valence-corrected chi connectivity index (χ1v) is 10.3. The Kier molecular flexibility index (Phi) is 5.30. The first-order chi connectivity index (χ1) is 16.5. The van der Waals surface area contributed by atoms with E-state index in [1.54, 1.807) is 12.1 Å². The first kappa shape index (κ1) is 21.0. The Labute approximate surface area is 192 Å². The standard InChI is InChI=1S/C24H17N5O5/c1-15-25-20-13-17(9-12-21(20)28(15)18-5-3-2-4-6-18)24(30)33-14-22-26-27-23(34-22)16-7-10-19(11-8-16)29(31)32/h2-13H,14H2,1H3. The lowest BCUT2D eigenvalue weighted by Gasteiger charge is -2.07. The average Bonchev–Trinajstić information content (AvgIpc) is 3.46. The van der Waals surface area contributed by atoms with Gasteiger partial charge in [-0.05, 0) is 49.4 Å². The molecule has 2 heterocycles. The summed E-state index contributed by atoms with van der Waals surface area (Å²) in [7, 11) is 0. The van der Waals surface area contributed by atoms with Gasteiger partial charge in [-0.3, -0.25) is 14.7 Å². The van der Waals surface area contributed by atoms with Gasteiger partial charge in [0.05, 0.1) is 21.5 Å². The zero-order valence-corrected chi connectivity index (χ0v) is 17.9. The monoisotopic (exact) mass is 455 g/mol. The van der Waals surface area contributed by atoms with Crippen molar-refractivity contribution in [2.45, 2.75) is 13.5 Å². The van der Waals surface area contributed by atoms with Gasteiger partial charge in [0.15, 0.2) is 6.61 Å². The topological polar surface area (TPSA) is 126 Å². The summed E-state index contributed by atoms with van der Waals surface area (Å²) in [6.45, 7) is 1.69. The van der Waals surface area contributed by atoms with E-state index < -0.39 is 10.9 Å². The fraction of sp³-hybridized carbons (Fsp3) is 0.0833. The number of hydrogen-bond acceptors (Lipinski definition) is 8. The molecule has 0 unspecified atom stereocenters. The molecule has 34 heavy (non-hydrogen) atoms. The summed E-state index contributed by atoms with van der Waals surface area (Å²) in [5.41, 5.74) is 3.36. The predicted molar refractivity (Wildman–Crippen MR) is 121 cm³/mol. The fourth-order valence-corrected chi connectivity index (χ4v) is 3.60. The van der Waals surface area contributed by atoms with E-state index in [9.17, 15) is 14.9 Å². The van der Waals surface area contributed by atoms with Crippen LogP contribution in [-0.2, 0) is 11.3 Å². The lowest BCUT2D eigenvalue weighted by Crippen LogP contribution is -2.05. The van der Waals surface area contributed by atoms with Gasteiger partial charge in [-0.1, -0.05) is 18.2 Å². The number of ether oxygens (including phenoxy) is 1. The van der Waals surface area contributed by atoms with E-state index >= 15 is 0 Å². The number of nitro benzene ring substituents is 1. The molecule has 0 N–H and O–H groups in total. The van der Waals surface area contributed by atoms with E-state index in [2.05, 4.69) is 15.2 Å². The van der Waals surface area contributed by atoms with Gasteiger partial charge < -0.3 is 9.15 Å². The van der Waals surface area contributed by atoms with Crippen molar-refractivity contribution >= 4 is 22.7 Å². The number of hydrogen-bond donors (Lipinski definition) is 0. The van der Waals surface area contributed by atoms with E-state index in [1.165, 1.54) is 24.3 Å². The molecule has 2 aromatic heterocycles. The van der Waals surface area contributed by atoms with E-state index in [1.807, 2.05) is 47.9 Å². The highest BCUT2D eigenvalue weighted by molar-refractivity contribution is 5.94. The summed E-state index contributed by atoms with van der Waals surface area (Å²) in [5.74, 6) is 0.525. The van der Waals surface area contributed by atoms with Gasteiger partial charge >= 0.3 is 5.97 Å². The van der Waals surface area contributed by atoms with Crippen LogP contribution in [0.15, 0.2) is 77.2 Å². The summed E-state index contributed by atoms with van der Waals surface area (Å²) in [6, 6.07) is 20.7. The number of carbonyl (C=O) groups excluding carboxylic acids is 1. The third-order valence-corrected chi connectivity index (χ3v) is 5.19. The van der Waals surface area contributed by atoms with Crippen molar-refractivity contribution in [3.05, 3.63) is 100 Å². The molecule has 0 atom stereocenters. The zero-order valence-electron chi connectivity index (χ0n) is 17.9. The highest BCUT2D eigenvalue weighted by Gasteiger charge is 2.16. The van der Waals surface area contributed by atoms with Gasteiger partial charge in [-0.2, -0.15) is 0 Å². The molecule has 0 aliphatic carbocycles. The molecular formula is C24H17N5O5. The van der Waals surface area contributed by atoms with Crippen molar-refractivity contribution in [2.75, 3.05) is 0 Å². The van der Waals surface area contributed by atoms with Gasteiger partial charge in [0.25, 0.3) is 11.6 Å². The van der Waals surface area contributed by atoms with Gasteiger partial charge in [0, 0.05) is 23.4 Å². The Balaban J connectivity index is 1.29. The molecule has 0 aliphatic heterocycles. The summed E-state index contributed by atoms with van der Waals surface area (Å²) >= 11 is 0. The molecule has 3 aromatic carbocycles. The van der Waals surface area contributed by atoms with Crippen LogP contribution in [0.4, 0.5) is 5.69 Å². The second-order valence-electron chi connectivity index (χ2n) is 7.41. The molecule has 10 nitrogen and oxygen atoms in total. The predicted octanol–water partition coefficient (Wildman–Crippen LogP) is 4.65. The number of imidazole rings is 1. The van der Waals surface area contributed by atoms with Crippen molar-refractivity contribution in [1.29, 1.82) is 0 Å². The third kappa shape index (κ3) is 3.99. The Bertz CT molecular complexity index is 1510. The number of carbonyl (C=O) groups is 1. The average molecular weight is 455 g/mol. The normalized spacial score (nSPS) is 11.0. The second kappa shape index (κ2) is 8.58. The smallest absolute Gasteiger partial charge is 0.338 e. The molecule has 0 spiro atoms. The molecule has 5 aromatic rings. The molecule has 168 valence electrons. The van der Waals surface area contributed by atoms with Gasteiger partial charge in [-0.15, -0.1) is 10.2 Å². The number of fused-ring (bicyclic) bond motifs is 1. The Morgan fingerprint density at radius 3 is 2.56 bits per heavy atom. The van der Waals surface area contributed by atoms with Crippen LogP contribution in [0.25, 0.3) is 28.2 Å². The van der Waals surface area contributed by atoms with E-state index in [4.69, 9.17) is 9.15 Å².